The topological polar surface area (TPSA) is 71.1 Å². The maximum absolute atomic E-state index is 12.9. The fourth-order valence-corrected chi connectivity index (χ4v) is 3.44. The molecule has 1 aliphatic carbocycles. The zero-order valence-electron chi connectivity index (χ0n) is 13.5. The van der Waals surface area contributed by atoms with Gasteiger partial charge in [-0.25, -0.2) is 9.37 Å². The Labute approximate surface area is 148 Å². The van der Waals surface area contributed by atoms with Crippen molar-refractivity contribution in [2.24, 2.45) is 5.92 Å². The van der Waals surface area contributed by atoms with Crippen molar-refractivity contribution in [3.05, 3.63) is 53.3 Å². The van der Waals surface area contributed by atoms with Crippen molar-refractivity contribution in [1.82, 2.24) is 15.8 Å². The molecule has 0 bridgehead atoms. The summed E-state index contributed by atoms with van der Waals surface area (Å²) in [6.07, 6.45) is 6.53. The van der Waals surface area contributed by atoms with Crippen LogP contribution in [0.4, 0.5) is 4.39 Å². The fourth-order valence-electron chi connectivity index (χ4n) is 2.62. The van der Waals surface area contributed by atoms with Crippen LogP contribution in [0.3, 0.4) is 0 Å². The molecule has 130 valence electrons. The molecule has 0 aliphatic heterocycles. The molecule has 1 aromatic carbocycles. The highest BCUT2D eigenvalue weighted by Gasteiger charge is 2.15. The molecule has 0 saturated carbocycles. The molecule has 1 heterocycles. The molecule has 2 N–H and O–H groups in total. The number of thiazole rings is 1. The highest BCUT2D eigenvalue weighted by Crippen LogP contribution is 2.24. The van der Waals surface area contributed by atoms with Gasteiger partial charge in [-0.15, -0.1) is 11.3 Å². The summed E-state index contributed by atoms with van der Waals surface area (Å²) in [6, 6.07) is 6.04. The minimum absolute atomic E-state index is 0.0707. The lowest BCUT2D eigenvalue weighted by Crippen LogP contribution is -2.42. The molecule has 0 unspecified atom stereocenters. The number of hydrogen-bond donors (Lipinski definition) is 2. The molecule has 1 aliphatic rings. The molecule has 1 aromatic heterocycles. The number of nitrogens with one attached hydrogen (secondary N) is 2. The Morgan fingerprint density at radius 3 is 2.68 bits per heavy atom. The number of hydrazine groups is 1. The molecule has 2 amide bonds. The van der Waals surface area contributed by atoms with Gasteiger partial charge in [-0.3, -0.25) is 20.4 Å². The molecule has 3 rings (SSSR count). The average Bonchev–Trinajstić information content (AvgIpc) is 3.26. The lowest BCUT2D eigenvalue weighted by Gasteiger charge is -2.09. The molecule has 0 saturated heterocycles. The van der Waals surface area contributed by atoms with Crippen molar-refractivity contribution in [2.45, 2.75) is 25.7 Å². The van der Waals surface area contributed by atoms with Crippen LogP contribution in [0.2, 0.25) is 0 Å². The van der Waals surface area contributed by atoms with Gasteiger partial charge < -0.3 is 0 Å². The molecule has 1 atom stereocenters. The second-order valence-electron chi connectivity index (χ2n) is 5.89. The number of aromatic nitrogens is 1. The van der Waals surface area contributed by atoms with E-state index in [1.807, 2.05) is 6.08 Å². The number of nitrogens with zero attached hydrogens (tertiary/aromatic N) is 1. The summed E-state index contributed by atoms with van der Waals surface area (Å²) in [7, 11) is 0. The van der Waals surface area contributed by atoms with Crippen molar-refractivity contribution in [1.29, 1.82) is 0 Å². The predicted octanol–water partition coefficient (Wildman–Crippen LogP) is 3.00. The van der Waals surface area contributed by atoms with Gasteiger partial charge in [-0.2, -0.15) is 0 Å². The Morgan fingerprint density at radius 2 is 1.96 bits per heavy atom. The number of rotatable bonds is 5. The van der Waals surface area contributed by atoms with Gasteiger partial charge in [-0.05, 0) is 43.0 Å². The zero-order valence-corrected chi connectivity index (χ0v) is 14.3. The average molecular weight is 359 g/mol. The summed E-state index contributed by atoms with van der Waals surface area (Å²) in [5.74, 6) is -0.570. The van der Waals surface area contributed by atoms with Crippen LogP contribution in [0.25, 0.3) is 10.6 Å². The summed E-state index contributed by atoms with van der Waals surface area (Å²) in [5.41, 5.74) is 6.26. The number of amides is 2. The van der Waals surface area contributed by atoms with Crippen LogP contribution in [0.5, 0.6) is 0 Å². The third-order valence-corrected chi connectivity index (χ3v) is 4.83. The van der Waals surface area contributed by atoms with E-state index in [9.17, 15) is 14.0 Å². The van der Waals surface area contributed by atoms with E-state index in [4.69, 9.17) is 0 Å². The van der Waals surface area contributed by atoms with Crippen molar-refractivity contribution in [2.75, 3.05) is 0 Å². The summed E-state index contributed by atoms with van der Waals surface area (Å²) in [5, 5.41) is 2.50. The van der Waals surface area contributed by atoms with Crippen molar-refractivity contribution >= 4 is 23.2 Å². The Bertz CT molecular complexity index is 786. The molecular weight excluding hydrogens is 341 g/mol. The molecule has 0 spiro atoms. The van der Waals surface area contributed by atoms with E-state index in [1.165, 1.54) is 23.5 Å². The first-order valence-electron chi connectivity index (χ1n) is 8.05. The van der Waals surface area contributed by atoms with Gasteiger partial charge in [0.25, 0.3) is 0 Å². The van der Waals surface area contributed by atoms with Crippen LogP contribution in [0, 0.1) is 11.7 Å². The SMILES string of the molecule is O=C(Cc1csc(-c2ccc(F)cc2)n1)NNC(=O)C[C@H]1C=CCC1. The van der Waals surface area contributed by atoms with Crippen LogP contribution in [-0.2, 0) is 16.0 Å². The second kappa shape index (κ2) is 8.02. The summed E-state index contributed by atoms with van der Waals surface area (Å²) in [6.45, 7) is 0. The summed E-state index contributed by atoms with van der Waals surface area (Å²) >= 11 is 1.39. The minimum atomic E-state index is -0.328. The number of carbonyl (C=O) groups is 2. The standard InChI is InChI=1S/C18H18FN3O2S/c19-14-7-5-13(6-8-14)18-20-15(11-25-18)10-17(24)22-21-16(23)9-12-3-1-2-4-12/h1,3,5-8,11-12H,2,4,9-10H2,(H,21,23)(H,22,24)/t12-/m0/s1. The fraction of sp³-hybridized carbons (Fsp3) is 0.278. The maximum Gasteiger partial charge on any atom is 0.244 e. The Balaban J connectivity index is 1.47. The minimum Gasteiger partial charge on any atom is -0.273 e. The van der Waals surface area contributed by atoms with E-state index in [0.717, 1.165) is 23.4 Å². The lowest BCUT2D eigenvalue weighted by atomic mass is 10.1. The van der Waals surface area contributed by atoms with Crippen LogP contribution in [0.1, 0.15) is 25.0 Å². The number of allylic oxidation sites excluding steroid dienone is 2. The van der Waals surface area contributed by atoms with Crippen molar-refractivity contribution in [3.8, 4) is 10.6 Å². The van der Waals surface area contributed by atoms with E-state index in [1.54, 1.807) is 17.5 Å². The summed E-state index contributed by atoms with van der Waals surface area (Å²) < 4.78 is 12.9. The van der Waals surface area contributed by atoms with E-state index < -0.39 is 0 Å². The van der Waals surface area contributed by atoms with Gasteiger partial charge in [0.15, 0.2) is 0 Å². The Kier molecular flexibility index (Phi) is 5.55. The molecule has 7 heteroatoms. The van der Waals surface area contributed by atoms with Gasteiger partial charge in [-0.1, -0.05) is 12.2 Å². The van der Waals surface area contributed by atoms with E-state index in [2.05, 4.69) is 21.9 Å². The van der Waals surface area contributed by atoms with Gasteiger partial charge in [0.1, 0.15) is 10.8 Å². The Morgan fingerprint density at radius 1 is 1.20 bits per heavy atom. The largest absolute Gasteiger partial charge is 0.273 e. The van der Waals surface area contributed by atoms with Crippen LogP contribution < -0.4 is 10.9 Å². The molecular formula is C18H18FN3O2S. The quantitative estimate of drug-likeness (QED) is 0.637. The van der Waals surface area contributed by atoms with Gasteiger partial charge in [0, 0.05) is 17.4 Å². The van der Waals surface area contributed by atoms with Gasteiger partial charge >= 0.3 is 0 Å². The van der Waals surface area contributed by atoms with Crippen molar-refractivity contribution in [3.63, 3.8) is 0 Å². The second-order valence-corrected chi connectivity index (χ2v) is 6.75. The first kappa shape index (κ1) is 17.3. The monoisotopic (exact) mass is 359 g/mol. The number of benzene rings is 1. The first-order chi connectivity index (χ1) is 12.1. The van der Waals surface area contributed by atoms with Crippen LogP contribution in [-0.4, -0.2) is 16.8 Å². The molecule has 2 aromatic rings. The van der Waals surface area contributed by atoms with Gasteiger partial charge in [0.2, 0.25) is 11.8 Å². The molecule has 5 nitrogen and oxygen atoms in total. The molecule has 0 radical (unpaired) electrons. The molecule has 25 heavy (non-hydrogen) atoms. The van der Waals surface area contributed by atoms with E-state index >= 15 is 0 Å². The van der Waals surface area contributed by atoms with Crippen LogP contribution in [0.15, 0.2) is 41.8 Å². The van der Waals surface area contributed by atoms with E-state index in [0.29, 0.717) is 12.1 Å². The van der Waals surface area contributed by atoms with Crippen molar-refractivity contribution < 1.29 is 14.0 Å². The number of carbonyl (C=O) groups excluding carboxylic acids is 2. The summed E-state index contributed by atoms with van der Waals surface area (Å²) in [4.78, 5) is 28.1. The highest BCUT2D eigenvalue weighted by molar-refractivity contribution is 7.13. The highest BCUT2D eigenvalue weighted by atomic mass is 32.1. The lowest BCUT2D eigenvalue weighted by molar-refractivity contribution is -0.128. The normalized spacial score (nSPS) is 16.0. The van der Waals surface area contributed by atoms with Gasteiger partial charge in [0.05, 0.1) is 12.1 Å². The van der Waals surface area contributed by atoms with Crippen LogP contribution >= 0.6 is 11.3 Å². The smallest absolute Gasteiger partial charge is 0.244 e. The Hall–Kier alpha value is -2.54. The third-order valence-electron chi connectivity index (χ3n) is 3.89. The number of hydrogen-bond acceptors (Lipinski definition) is 4. The third kappa shape index (κ3) is 4.96. The maximum atomic E-state index is 12.9. The van der Waals surface area contributed by atoms with E-state index in [-0.39, 0.29) is 30.0 Å². The first-order valence-corrected chi connectivity index (χ1v) is 8.93. The molecule has 0 fully saturated rings. The number of halogens is 1. The predicted molar refractivity (Wildman–Crippen MR) is 94.0 cm³/mol. The zero-order chi connectivity index (χ0) is 17.6.